The monoisotopic (exact) mass is 456 g/mol. The van der Waals surface area contributed by atoms with Crippen LogP contribution in [0.3, 0.4) is 0 Å². The van der Waals surface area contributed by atoms with Crippen LogP contribution in [0.5, 0.6) is 0 Å². The molecular formula is C31H24N2O2. The Hall–Kier alpha value is -4.44. The zero-order valence-electron chi connectivity index (χ0n) is 19.1. The topological polar surface area (TPSA) is 49.4 Å². The van der Waals surface area contributed by atoms with Gasteiger partial charge < -0.3 is 10.2 Å². The molecule has 1 N–H and O–H groups in total. The van der Waals surface area contributed by atoms with Crippen molar-refractivity contribution in [2.45, 2.75) is 18.6 Å². The molecule has 4 aromatic carbocycles. The van der Waals surface area contributed by atoms with E-state index in [0.29, 0.717) is 12.1 Å². The third-order valence-electron chi connectivity index (χ3n) is 6.80. The minimum absolute atomic E-state index is 0.110. The molecule has 4 nitrogen and oxygen atoms in total. The molecule has 2 aliphatic rings. The van der Waals surface area contributed by atoms with Gasteiger partial charge in [-0.1, -0.05) is 97.1 Å². The Labute approximate surface area is 204 Å². The average molecular weight is 457 g/mol. The minimum atomic E-state index is -0.754. The third kappa shape index (κ3) is 3.73. The number of rotatable bonds is 4. The van der Waals surface area contributed by atoms with Crippen molar-refractivity contribution < 1.29 is 9.59 Å². The Morgan fingerprint density at radius 2 is 1.31 bits per heavy atom. The molecule has 0 unspecified atom stereocenters. The number of hydrogen-bond donors (Lipinski definition) is 1. The number of amides is 2. The Morgan fingerprint density at radius 3 is 2.06 bits per heavy atom. The van der Waals surface area contributed by atoms with Crippen LogP contribution in [-0.4, -0.2) is 22.8 Å². The summed E-state index contributed by atoms with van der Waals surface area (Å²) in [5.74, 6) is -0.371. The van der Waals surface area contributed by atoms with E-state index in [0.717, 1.165) is 33.4 Å². The normalized spacial score (nSPS) is 18.1. The van der Waals surface area contributed by atoms with Crippen LogP contribution in [0.15, 0.2) is 115 Å². The molecular weight excluding hydrogens is 432 g/mol. The van der Waals surface area contributed by atoms with Crippen molar-refractivity contribution in [3.05, 3.63) is 138 Å². The number of hydrogen-bond acceptors (Lipinski definition) is 2. The van der Waals surface area contributed by atoms with Crippen LogP contribution in [0.1, 0.15) is 33.1 Å². The van der Waals surface area contributed by atoms with Crippen LogP contribution in [0.2, 0.25) is 0 Å². The van der Waals surface area contributed by atoms with Crippen molar-refractivity contribution in [3.8, 4) is 11.1 Å². The number of nitrogens with one attached hydrogen (secondary N) is 1. The van der Waals surface area contributed by atoms with Gasteiger partial charge in [-0.05, 0) is 51.6 Å². The molecule has 6 rings (SSSR count). The first-order valence-electron chi connectivity index (χ1n) is 11.8. The number of benzene rings is 4. The van der Waals surface area contributed by atoms with Crippen molar-refractivity contribution >= 4 is 17.4 Å². The fraction of sp³-hybridized carbons (Fsp3) is 0.0968. The summed E-state index contributed by atoms with van der Waals surface area (Å²) in [5.41, 5.74) is 7.12. The molecule has 2 amide bonds. The molecule has 0 spiro atoms. The van der Waals surface area contributed by atoms with Crippen molar-refractivity contribution in [1.29, 1.82) is 0 Å². The molecule has 170 valence electrons. The molecule has 0 saturated heterocycles. The first-order valence-corrected chi connectivity index (χ1v) is 11.8. The maximum absolute atomic E-state index is 13.9. The van der Waals surface area contributed by atoms with Gasteiger partial charge in [0.15, 0.2) is 0 Å². The van der Waals surface area contributed by atoms with E-state index in [1.165, 1.54) is 0 Å². The zero-order chi connectivity index (χ0) is 23.8. The van der Waals surface area contributed by atoms with Crippen molar-refractivity contribution in [2.75, 3.05) is 0 Å². The largest absolute Gasteiger partial charge is 0.337 e. The Bertz CT molecular complexity index is 1440. The number of carbonyl (C=O) groups is 2. The molecule has 2 atom stereocenters. The lowest BCUT2D eigenvalue weighted by atomic mass is 9.76. The van der Waals surface area contributed by atoms with Crippen LogP contribution in [0, 0.1) is 0 Å². The maximum Gasteiger partial charge on any atom is 0.252 e. The summed E-state index contributed by atoms with van der Waals surface area (Å²) < 4.78 is 0. The zero-order valence-corrected chi connectivity index (χ0v) is 19.1. The molecule has 1 aliphatic carbocycles. The highest BCUT2D eigenvalue weighted by Crippen LogP contribution is 2.50. The van der Waals surface area contributed by atoms with E-state index in [2.05, 4.69) is 29.6 Å². The van der Waals surface area contributed by atoms with Crippen LogP contribution in [0.4, 0.5) is 0 Å². The molecule has 1 heterocycles. The van der Waals surface area contributed by atoms with Crippen LogP contribution in [-0.2, 0) is 11.3 Å². The summed E-state index contributed by atoms with van der Waals surface area (Å²) in [5, 5.41) is 2.98. The van der Waals surface area contributed by atoms with Crippen LogP contribution >= 0.6 is 0 Å². The maximum atomic E-state index is 13.9. The number of fused-ring (bicyclic) bond motifs is 6. The standard InChI is InChI=1S/C31H24N2O2/c34-30(22-13-5-2-6-14-22)32-28-19-27-25-17-8-7-15-23(25)24-16-9-10-18-26(24)29(27)33(31(28)35)20-21-11-3-1-4-12-21/h1-19,28-29H,20H2,(H,32,34)/t28-,29-/m0/s1. The number of nitrogens with zero attached hydrogens (tertiary/aromatic N) is 1. The second kappa shape index (κ2) is 8.73. The predicted octanol–water partition coefficient (Wildman–Crippen LogP) is 5.63. The van der Waals surface area contributed by atoms with E-state index < -0.39 is 6.04 Å². The SMILES string of the molecule is O=C(N[C@H]1C=C2c3ccccc3-c3ccccc3[C@@H]2N(Cc2ccccc2)C1=O)c1ccccc1. The summed E-state index contributed by atoms with van der Waals surface area (Å²) in [6.45, 7) is 0.454. The second-order valence-corrected chi connectivity index (χ2v) is 8.93. The van der Waals surface area contributed by atoms with E-state index in [1.807, 2.05) is 83.8 Å². The van der Waals surface area contributed by atoms with Gasteiger partial charge >= 0.3 is 0 Å². The summed E-state index contributed by atoms with van der Waals surface area (Å²) in [6, 6.07) is 34.7. The Morgan fingerprint density at radius 1 is 0.714 bits per heavy atom. The van der Waals surface area contributed by atoms with Gasteiger partial charge in [0, 0.05) is 12.1 Å². The van der Waals surface area contributed by atoms with E-state index in [1.54, 1.807) is 12.1 Å². The smallest absolute Gasteiger partial charge is 0.252 e. The summed E-state index contributed by atoms with van der Waals surface area (Å²) in [4.78, 5) is 28.9. The van der Waals surface area contributed by atoms with Gasteiger partial charge in [0.1, 0.15) is 6.04 Å². The Kier molecular flexibility index (Phi) is 5.27. The highest BCUT2D eigenvalue weighted by Gasteiger charge is 2.41. The molecule has 0 aromatic heterocycles. The first-order chi connectivity index (χ1) is 17.2. The quantitative estimate of drug-likeness (QED) is 0.433. The second-order valence-electron chi connectivity index (χ2n) is 8.93. The van der Waals surface area contributed by atoms with Gasteiger partial charge in [-0.15, -0.1) is 0 Å². The Balaban J connectivity index is 1.48. The van der Waals surface area contributed by atoms with Crippen LogP contribution < -0.4 is 5.32 Å². The predicted molar refractivity (Wildman–Crippen MR) is 137 cm³/mol. The summed E-state index contributed by atoms with van der Waals surface area (Å²) >= 11 is 0. The molecule has 0 radical (unpaired) electrons. The lowest BCUT2D eigenvalue weighted by Crippen LogP contribution is -2.52. The van der Waals surface area contributed by atoms with E-state index in [-0.39, 0.29) is 17.9 Å². The molecule has 1 aliphatic heterocycles. The van der Waals surface area contributed by atoms with E-state index in [4.69, 9.17) is 0 Å². The van der Waals surface area contributed by atoms with Crippen molar-refractivity contribution in [1.82, 2.24) is 10.2 Å². The van der Waals surface area contributed by atoms with E-state index >= 15 is 0 Å². The first kappa shape index (κ1) is 21.1. The number of carbonyl (C=O) groups excluding carboxylic acids is 2. The fourth-order valence-electron chi connectivity index (χ4n) is 5.21. The van der Waals surface area contributed by atoms with Crippen LogP contribution in [0.25, 0.3) is 16.7 Å². The fourth-order valence-corrected chi connectivity index (χ4v) is 5.21. The van der Waals surface area contributed by atoms with Gasteiger partial charge in [-0.3, -0.25) is 9.59 Å². The molecule has 4 aromatic rings. The molecule has 35 heavy (non-hydrogen) atoms. The lowest BCUT2D eigenvalue weighted by molar-refractivity contribution is -0.134. The van der Waals surface area contributed by atoms with Crippen molar-refractivity contribution in [3.63, 3.8) is 0 Å². The van der Waals surface area contributed by atoms with Gasteiger partial charge in [0.25, 0.3) is 5.91 Å². The third-order valence-corrected chi connectivity index (χ3v) is 6.80. The van der Waals surface area contributed by atoms with Gasteiger partial charge in [0.2, 0.25) is 5.91 Å². The van der Waals surface area contributed by atoms with Gasteiger partial charge in [-0.2, -0.15) is 0 Å². The summed E-state index contributed by atoms with van der Waals surface area (Å²) in [7, 11) is 0. The molecule has 0 saturated carbocycles. The summed E-state index contributed by atoms with van der Waals surface area (Å²) in [6.07, 6.45) is 1.95. The lowest BCUT2D eigenvalue weighted by Gasteiger charge is -2.43. The minimum Gasteiger partial charge on any atom is -0.337 e. The van der Waals surface area contributed by atoms with Gasteiger partial charge in [0.05, 0.1) is 6.04 Å². The highest BCUT2D eigenvalue weighted by atomic mass is 16.2. The molecule has 0 fully saturated rings. The highest BCUT2D eigenvalue weighted by molar-refractivity contribution is 6.02. The molecule has 4 heteroatoms. The van der Waals surface area contributed by atoms with Crippen molar-refractivity contribution in [2.24, 2.45) is 0 Å². The van der Waals surface area contributed by atoms with Gasteiger partial charge in [-0.25, -0.2) is 0 Å². The van der Waals surface area contributed by atoms with E-state index in [9.17, 15) is 9.59 Å². The average Bonchev–Trinajstić information content (AvgIpc) is 2.92. The molecule has 0 bridgehead atoms.